The summed E-state index contributed by atoms with van der Waals surface area (Å²) < 4.78 is 6.54. The van der Waals surface area contributed by atoms with E-state index < -0.39 is 0 Å². The first kappa shape index (κ1) is 18.4. The number of benzene rings is 2. The summed E-state index contributed by atoms with van der Waals surface area (Å²) in [5.41, 5.74) is 5.62. The standard InChI is InChI=1S/C19H18ClN3O2S/c1-25-18(24)11-5-9-16-19(23-22-14-7-4-6-13(20)12-14)26-17-10-3-2-8-15(17)21-16/h2-4,6-8,10,12,22H,5,9,11H2,1H3/b23-19-. The summed E-state index contributed by atoms with van der Waals surface area (Å²) in [5.74, 6) is -0.218. The molecule has 3 aromatic rings. The van der Waals surface area contributed by atoms with Crippen LogP contribution in [0.4, 0.5) is 5.69 Å². The van der Waals surface area contributed by atoms with Crippen molar-refractivity contribution in [3.63, 3.8) is 0 Å². The van der Waals surface area contributed by atoms with Gasteiger partial charge in [-0.25, -0.2) is 4.98 Å². The Morgan fingerprint density at radius 2 is 2.12 bits per heavy atom. The molecule has 0 spiro atoms. The first-order valence-electron chi connectivity index (χ1n) is 8.16. The van der Waals surface area contributed by atoms with Gasteiger partial charge < -0.3 is 4.74 Å². The van der Waals surface area contributed by atoms with Gasteiger partial charge in [-0.1, -0.05) is 29.8 Å². The molecule has 2 aromatic carbocycles. The van der Waals surface area contributed by atoms with Crippen LogP contribution in [0, 0.1) is 0 Å². The first-order chi connectivity index (χ1) is 12.7. The SMILES string of the molecule is COC(=O)CCCc1nc2ccccc2s/c1=N\Nc1cccc(Cl)c1. The molecule has 0 unspecified atom stereocenters. The summed E-state index contributed by atoms with van der Waals surface area (Å²) in [7, 11) is 1.40. The summed E-state index contributed by atoms with van der Waals surface area (Å²) in [6, 6.07) is 15.3. The average Bonchev–Trinajstić information content (AvgIpc) is 2.66. The molecule has 0 aliphatic rings. The number of nitrogens with zero attached hydrogens (tertiary/aromatic N) is 2. The van der Waals surface area contributed by atoms with Crippen LogP contribution in [-0.4, -0.2) is 18.1 Å². The van der Waals surface area contributed by atoms with Crippen LogP contribution in [0.5, 0.6) is 0 Å². The van der Waals surface area contributed by atoms with E-state index in [2.05, 4.69) is 10.5 Å². The molecule has 0 radical (unpaired) electrons. The quantitative estimate of drug-likeness (QED) is 0.503. The molecule has 26 heavy (non-hydrogen) atoms. The Balaban J connectivity index is 1.91. The van der Waals surface area contributed by atoms with E-state index >= 15 is 0 Å². The highest BCUT2D eigenvalue weighted by Gasteiger charge is 2.07. The van der Waals surface area contributed by atoms with Crippen LogP contribution in [0.3, 0.4) is 0 Å². The van der Waals surface area contributed by atoms with Gasteiger partial charge >= 0.3 is 5.97 Å². The third-order valence-corrected chi connectivity index (χ3v) is 5.03. The van der Waals surface area contributed by atoms with Crippen LogP contribution in [0.25, 0.3) is 10.2 Å². The number of anilines is 1. The number of esters is 1. The smallest absolute Gasteiger partial charge is 0.305 e. The second-order valence-corrected chi connectivity index (χ2v) is 7.06. The zero-order valence-electron chi connectivity index (χ0n) is 14.2. The molecule has 0 amide bonds. The summed E-state index contributed by atoms with van der Waals surface area (Å²) in [5, 5.41) is 5.16. The van der Waals surface area contributed by atoms with Gasteiger partial charge in [0.1, 0.15) is 0 Å². The van der Waals surface area contributed by atoms with E-state index in [1.54, 1.807) is 17.4 Å². The maximum Gasteiger partial charge on any atom is 0.305 e. The number of carbonyl (C=O) groups is 1. The number of ether oxygens (including phenoxy) is 1. The van der Waals surface area contributed by atoms with Crippen molar-refractivity contribution in [3.05, 3.63) is 63.9 Å². The van der Waals surface area contributed by atoms with Crippen LogP contribution in [0.1, 0.15) is 18.5 Å². The number of hydrogen-bond acceptors (Lipinski definition) is 6. The minimum Gasteiger partial charge on any atom is -0.469 e. The number of aromatic nitrogens is 1. The van der Waals surface area contributed by atoms with Crippen molar-refractivity contribution in [2.45, 2.75) is 19.3 Å². The highest BCUT2D eigenvalue weighted by molar-refractivity contribution is 7.16. The molecular formula is C19H18ClN3O2S. The van der Waals surface area contributed by atoms with Gasteiger partial charge in [0.2, 0.25) is 0 Å². The van der Waals surface area contributed by atoms with E-state index in [0.717, 1.165) is 26.3 Å². The van der Waals surface area contributed by atoms with E-state index in [4.69, 9.17) is 21.3 Å². The number of halogens is 1. The van der Waals surface area contributed by atoms with E-state index in [0.29, 0.717) is 24.3 Å². The Kier molecular flexibility index (Phi) is 6.20. The molecule has 1 N–H and O–H groups in total. The van der Waals surface area contributed by atoms with Crippen molar-refractivity contribution < 1.29 is 9.53 Å². The third kappa shape index (κ3) is 4.80. The van der Waals surface area contributed by atoms with Gasteiger partial charge in [-0.15, -0.1) is 11.3 Å². The van der Waals surface area contributed by atoms with Gasteiger partial charge in [0.15, 0.2) is 4.67 Å². The minimum atomic E-state index is -0.218. The Morgan fingerprint density at radius 1 is 1.27 bits per heavy atom. The molecule has 0 saturated carbocycles. The summed E-state index contributed by atoms with van der Waals surface area (Å²) >= 11 is 7.57. The van der Waals surface area contributed by atoms with Gasteiger partial charge in [-0.2, -0.15) is 5.10 Å². The maximum atomic E-state index is 11.4. The Hall–Kier alpha value is -2.44. The Bertz CT molecular complexity index is 988. The predicted octanol–water partition coefficient (Wildman–Crippen LogP) is 4.37. The Morgan fingerprint density at radius 3 is 2.92 bits per heavy atom. The van der Waals surface area contributed by atoms with Crippen LogP contribution in [-0.2, 0) is 16.0 Å². The van der Waals surface area contributed by atoms with Crippen molar-refractivity contribution in [1.29, 1.82) is 0 Å². The number of methoxy groups -OCH3 is 1. The molecule has 0 aliphatic heterocycles. The largest absolute Gasteiger partial charge is 0.469 e. The van der Waals surface area contributed by atoms with Crippen molar-refractivity contribution in [3.8, 4) is 0 Å². The maximum absolute atomic E-state index is 11.4. The van der Waals surface area contributed by atoms with Gasteiger partial charge in [-0.05, 0) is 43.2 Å². The molecule has 0 bridgehead atoms. The van der Waals surface area contributed by atoms with E-state index in [1.165, 1.54) is 7.11 Å². The summed E-state index contributed by atoms with van der Waals surface area (Å²) in [4.78, 5) is 16.1. The number of rotatable bonds is 6. The molecule has 1 heterocycles. The van der Waals surface area contributed by atoms with Crippen molar-refractivity contribution in [2.75, 3.05) is 12.5 Å². The summed E-state index contributed by atoms with van der Waals surface area (Å²) in [6.07, 6.45) is 1.66. The molecule has 5 nitrogen and oxygen atoms in total. The lowest BCUT2D eigenvalue weighted by Gasteiger charge is -2.05. The van der Waals surface area contributed by atoms with E-state index in [9.17, 15) is 4.79 Å². The monoisotopic (exact) mass is 387 g/mol. The van der Waals surface area contributed by atoms with Gasteiger partial charge in [0.25, 0.3) is 0 Å². The average molecular weight is 388 g/mol. The lowest BCUT2D eigenvalue weighted by Crippen LogP contribution is -2.13. The van der Waals surface area contributed by atoms with E-state index in [-0.39, 0.29) is 5.97 Å². The predicted molar refractivity (Wildman–Crippen MR) is 105 cm³/mol. The van der Waals surface area contributed by atoms with Crippen LogP contribution in [0.2, 0.25) is 5.02 Å². The molecule has 0 aliphatic carbocycles. The van der Waals surface area contributed by atoms with Crippen molar-refractivity contribution in [2.24, 2.45) is 5.10 Å². The van der Waals surface area contributed by atoms with Gasteiger partial charge in [-0.3, -0.25) is 10.2 Å². The highest BCUT2D eigenvalue weighted by Crippen LogP contribution is 2.16. The fourth-order valence-electron chi connectivity index (χ4n) is 2.42. The molecule has 134 valence electrons. The lowest BCUT2D eigenvalue weighted by molar-refractivity contribution is -0.140. The highest BCUT2D eigenvalue weighted by atomic mass is 35.5. The van der Waals surface area contributed by atoms with E-state index in [1.807, 2.05) is 42.5 Å². The lowest BCUT2D eigenvalue weighted by atomic mass is 10.2. The molecule has 0 fully saturated rings. The second kappa shape index (κ2) is 8.78. The fraction of sp³-hybridized carbons (Fsp3) is 0.211. The van der Waals surface area contributed by atoms with Crippen molar-refractivity contribution >= 4 is 44.8 Å². The topological polar surface area (TPSA) is 63.6 Å². The first-order valence-corrected chi connectivity index (χ1v) is 9.36. The third-order valence-electron chi connectivity index (χ3n) is 3.71. The number of aryl methyl sites for hydroxylation is 1. The number of fused-ring (bicyclic) bond motifs is 1. The number of hydrogen-bond donors (Lipinski definition) is 1. The Labute approximate surface area is 160 Å². The molecular weight excluding hydrogens is 370 g/mol. The molecule has 0 atom stereocenters. The number of nitrogens with one attached hydrogen (secondary N) is 1. The van der Waals surface area contributed by atoms with Gasteiger partial charge in [0, 0.05) is 11.4 Å². The second-order valence-electron chi connectivity index (χ2n) is 5.60. The molecule has 7 heteroatoms. The molecule has 3 rings (SSSR count). The minimum absolute atomic E-state index is 0.218. The zero-order valence-corrected chi connectivity index (χ0v) is 15.8. The van der Waals surface area contributed by atoms with Gasteiger partial charge in [0.05, 0.1) is 28.7 Å². The summed E-state index contributed by atoms with van der Waals surface area (Å²) in [6.45, 7) is 0. The normalized spacial score (nSPS) is 11.5. The molecule has 0 saturated heterocycles. The van der Waals surface area contributed by atoms with Crippen molar-refractivity contribution in [1.82, 2.24) is 4.98 Å². The number of carbonyl (C=O) groups excluding carboxylic acids is 1. The van der Waals surface area contributed by atoms with Crippen LogP contribution >= 0.6 is 22.9 Å². The number of para-hydroxylation sites is 1. The fourth-order valence-corrected chi connectivity index (χ4v) is 3.54. The molecule has 1 aromatic heterocycles. The zero-order chi connectivity index (χ0) is 18.4. The van der Waals surface area contributed by atoms with Crippen LogP contribution < -0.4 is 10.1 Å². The van der Waals surface area contributed by atoms with Crippen LogP contribution in [0.15, 0.2) is 53.6 Å².